The molecule has 2 amide bonds. The Balaban J connectivity index is 1.97. The number of hydrogen-bond donors (Lipinski definition) is 2. The highest BCUT2D eigenvalue weighted by Gasteiger charge is 2.36. The van der Waals surface area contributed by atoms with E-state index in [-0.39, 0.29) is 17.9 Å². The van der Waals surface area contributed by atoms with Crippen molar-refractivity contribution < 1.29 is 13.6 Å². The number of urea groups is 1. The van der Waals surface area contributed by atoms with Crippen LogP contribution in [0.15, 0.2) is 48.7 Å². The number of carbonyl (C=O) groups is 1. The first-order valence-electron chi connectivity index (χ1n) is 9.75. The van der Waals surface area contributed by atoms with Gasteiger partial charge in [0.2, 0.25) is 0 Å². The molecule has 0 bridgehead atoms. The van der Waals surface area contributed by atoms with Gasteiger partial charge in [-0.05, 0) is 43.3 Å². The maximum Gasteiger partial charge on any atom is 0.334 e. The lowest BCUT2D eigenvalue weighted by molar-refractivity contribution is 0.253. The van der Waals surface area contributed by atoms with Crippen LogP contribution in [-0.2, 0) is 0 Å². The minimum atomic E-state index is -0.895. The zero-order valence-corrected chi connectivity index (χ0v) is 17.5. The molecule has 1 aliphatic heterocycles. The number of hydrogen-bond acceptors (Lipinski definition) is 4. The van der Waals surface area contributed by atoms with Gasteiger partial charge in [-0.2, -0.15) is 0 Å². The highest BCUT2D eigenvalue weighted by Crippen LogP contribution is 2.45. The summed E-state index contributed by atoms with van der Waals surface area (Å²) in [5.41, 5.74) is 6.70. The average Bonchev–Trinajstić information content (AvgIpc) is 2.84. The van der Waals surface area contributed by atoms with E-state index in [9.17, 15) is 4.79 Å². The van der Waals surface area contributed by atoms with Crippen LogP contribution < -0.4 is 20.9 Å². The summed E-state index contributed by atoms with van der Waals surface area (Å²) in [5.74, 6) is -1.38. The second-order valence-electron chi connectivity index (χ2n) is 6.90. The van der Waals surface area contributed by atoms with Gasteiger partial charge < -0.3 is 11.1 Å². The minimum Gasteiger partial charge on any atom is -0.384 e. The van der Waals surface area contributed by atoms with Crippen LogP contribution in [0.25, 0.3) is 11.1 Å². The molecular formula is C22H20ClF2N5O. The van der Waals surface area contributed by atoms with E-state index in [1.807, 2.05) is 0 Å². The maximum atomic E-state index is 15.2. The zero-order valence-electron chi connectivity index (χ0n) is 16.7. The summed E-state index contributed by atoms with van der Waals surface area (Å²) in [6.07, 6.45) is 1.57. The van der Waals surface area contributed by atoms with Crippen molar-refractivity contribution in [2.24, 2.45) is 5.73 Å². The van der Waals surface area contributed by atoms with E-state index in [4.69, 9.17) is 17.3 Å². The van der Waals surface area contributed by atoms with Crippen LogP contribution in [0.2, 0.25) is 5.02 Å². The molecule has 0 saturated heterocycles. The van der Waals surface area contributed by atoms with Crippen LogP contribution in [0.4, 0.5) is 36.5 Å². The lowest BCUT2D eigenvalue weighted by Gasteiger charge is -2.28. The lowest BCUT2D eigenvalue weighted by Crippen LogP contribution is -2.41. The summed E-state index contributed by atoms with van der Waals surface area (Å²) in [4.78, 5) is 20.3. The van der Waals surface area contributed by atoms with Crippen molar-refractivity contribution in [2.75, 3.05) is 34.8 Å². The van der Waals surface area contributed by atoms with Gasteiger partial charge in [0.05, 0.1) is 5.69 Å². The molecule has 1 aromatic heterocycles. The smallest absolute Gasteiger partial charge is 0.334 e. The fraction of sp³-hybridized carbons (Fsp3) is 0.182. The van der Waals surface area contributed by atoms with Crippen LogP contribution in [-0.4, -0.2) is 30.6 Å². The molecule has 0 unspecified atom stereocenters. The topological polar surface area (TPSA) is 74.5 Å². The number of fused-ring (bicyclic) bond motifs is 3. The number of benzene rings is 2. The number of anilines is 4. The monoisotopic (exact) mass is 443 g/mol. The standard InChI is InChI=1S/C22H20ClF2N5O/c1-2-29-21-16(4-3-8-28-21)15-6-5-13(23)10-19(15)30(22(29)31)20-17(24)11-14(12-18(20)25)27-9-7-26/h3-6,8,10-12,27H,2,7,9,26H2,1H3. The number of nitrogens with zero attached hydrogens (tertiary/aromatic N) is 3. The Morgan fingerprint density at radius 2 is 1.87 bits per heavy atom. The van der Waals surface area contributed by atoms with Crippen molar-refractivity contribution in [1.82, 2.24) is 4.98 Å². The number of rotatable bonds is 5. The predicted octanol–water partition coefficient (Wildman–Crippen LogP) is 5.15. The Labute approximate surface area is 183 Å². The van der Waals surface area contributed by atoms with Gasteiger partial charge in [-0.1, -0.05) is 17.7 Å². The zero-order chi connectivity index (χ0) is 22.1. The summed E-state index contributed by atoms with van der Waals surface area (Å²) < 4.78 is 30.4. The Bertz CT molecular complexity index is 1130. The Hall–Kier alpha value is -3.23. The van der Waals surface area contributed by atoms with E-state index in [0.717, 1.165) is 17.0 Å². The molecule has 2 aromatic carbocycles. The van der Waals surface area contributed by atoms with Gasteiger partial charge in [-0.25, -0.2) is 18.6 Å². The maximum absolute atomic E-state index is 15.2. The van der Waals surface area contributed by atoms with E-state index in [0.29, 0.717) is 35.1 Å². The van der Waals surface area contributed by atoms with Crippen LogP contribution in [0, 0.1) is 11.6 Å². The molecule has 1 aliphatic rings. The first kappa shape index (κ1) is 21.0. The third kappa shape index (κ3) is 3.68. The molecular weight excluding hydrogens is 424 g/mol. The quantitative estimate of drug-likeness (QED) is 0.572. The molecule has 0 atom stereocenters. The van der Waals surface area contributed by atoms with Crippen LogP contribution in [0.3, 0.4) is 0 Å². The van der Waals surface area contributed by atoms with Gasteiger partial charge in [-0.15, -0.1) is 0 Å². The van der Waals surface area contributed by atoms with Gasteiger partial charge in [0, 0.05) is 47.7 Å². The summed E-state index contributed by atoms with van der Waals surface area (Å²) in [6.45, 7) is 2.67. The molecule has 4 rings (SSSR count). The molecule has 3 N–H and O–H groups in total. The van der Waals surface area contributed by atoms with Crippen molar-refractivity contribution in [2.45, 2.75) is 6.92 Å². The summed E-state index contributed by atoms with van der Waals surface area (Å²) in [5, 5.41) is 3.17. The van der Waals surface area contributed by atoms with Crippen molar-refractivity contribution >= 4 is 40.5 Å². The third-order valence-electron chi connectivity index (χ3n) is 4.99. The normalized spacial score (nSPS) is 13.0. The number of nitrogens with two attached hydrogens (primary N) is 1. The number of pyridine rings is 1. The Morgan fingerprint density at radius 1 is 1.13 bits per heavy atom. The van der Waals surface area contributed by atoms with E-state index in [1.165, 1.54) is 11.0 Å². The minimum absolute atomic E-state index is 0.232. The number of nitrogens with one attached hydrogen (secondary N) is 1. The molecule has 2 heterocycles. The van der Waals surface area contributed by atoms with E-state index >= 15 is 8.78 Å². The number of aromatic nitrogens is 1. The fourth-order valence-electron chi connectivity index (χ4n) is 3.65. The first-order valence-corrected chi connectivity index (χ1v) is 10.1. The van der Waals surface area contributed by atoms with E-state index < -0.39 is 23.4 Å². The molecule has 0 aliphatic carbocycles. The number of carbonyl (C=O) groups excluding carboxylic acids is 1. The summed E-state index contributed by atoms with van der Waals surface area (Å²) in [7, 11) is 0. The molecule has 160 valence electrons. The Morgan fingerprint density at radius 3 is 2.55 bits per heavy atom. The lowest BCUT2D eigenvalue weighted by atomic mass is 10.0. The van der Waals surface area contributed by atoms with Crippen molar-refractivity contribution in [3.8, 4) is 11.1 Å². The van der Waals surface area contributed by atoms with Gasteiger partial charge >= 0.3 is 6.03 Å². The van der Waals surface area contributed by atoms with Gasteiger partial charge in [0.15, 0.2) is 11.6 Å². The molecule has 31 heavy (non-hydrogen) atoms. The van der Waals surface area contributed by atoms with Crippen molar-refractivity contribution in [3.63, 3.8) is 0 Å². The number of amides is 2. The Kier molecular flexibility index (Phi) is 5.75. The fourth-order valence-corrected chi connectivity index (χ4v) is 3.82. The molecule has 0 fully saturated rings. The van der Waals surface area contributed by atoms with Gasteiger partial charge in [0.25, 0.3) is 0 Å². The molecule has 6 nitrogen and oxygen atoms in total. The van der Waals surface area contributed by atoms with Crippen LogP contribution in [0.5, 0.6) is 0 Å². The van der Waals surface area contributed by atoms with Crippen LogP contribution >= 0.6 is 11.6 Å². The predicted molar refractivity (Wildman–Crippen MR) is 119 cm³/mol. The van der Waals surface area contributed by atoms with Crippen molar-refractivity contribution in [3.05, 3.63) is 65.3 Å². The molecule has 0 radical (unpaired) electrons. The first-order chi connectivity index (χ1) is 15.0. The van der Waals surface area contributed by atoms with E-state index in [1.54, 1.807) is 37.4 Å². The molecule has 9 heteroatoms. The summed E-state index contributed by atoms with van der Waals surface area (Å²) in [6, 6.07) is 10.1. The number of halogens is 3. The molecule has 0 saturated carbocycles. The van der Waals surface area contributed by atoms with E-state index in [2.05, 4.69) is 10.3 Å². The molecule has 0 spiro atoms. The van der Waals surface area contributed by atoms with Gasteiger partial charge in [0.1, 0.15) is 11.5 Å². The summed E-state index contributed by atoms with van der Waals surface area (Å²) >= 11 is 6.21. The molecule has 3 aromatic rings. The van der Waals surface area contributed by atoms with Gasteiger partial charge in [-0.3, -0.25) is 9.80 Å². The van der Waals surface area contributed by atoms with Crippen molar-refractivity contribution in [1.29, 1.82) is 0 Å². The second-order valence-corrected chi connectivity index (χ2v) is 7.34. The highest BCUT2D eigenvalue weighted by atomic mass is 35.5. The SMILES string of the molecule is CCN1C(=O)N(c2c(F)cc(NCCN)cc2F)c2cc(Cl)ccc2-c2cccnc21. The average molecular weight is 444 g/mol. The largest absolute Gasteiger partial charge is 0.384 e. The second kappa shape index (κ2) is 8.49. The third-order valence-corrected chi connectivity index (χ3v) is 5.22. The highest BCUT2D eigenvalue weighted by molar-refractivity contribution is 6.31. The van der Waals surface area contributed by atoms with Crippen LogP contribution in [0.1, 0.15) is 6.92 Å².